The van der Waals surface area contributed by atoms with Gasteiger partial charge in [0, 0.05) is 18.2 Å². The van der Waals surface area contributed by atoms with Crippen LogP contribution in [0, 0.1) is 5.41 Å². The van der Waals surface area contributed by atoms with Crippen molar-refractivity contribution in [2.75, 3.05) is 6.54 Å². The molecule has 1 heterocycles. The van der Waals surface area contributed by atoms with E-state index < -0.39 is 6.10 Å². The summed E-state index contributed by atoms with van der Waals surface area (Å²) in [4.78, 5) is 7.95. The van der Waals surface area contributed by atoms with Crippen molar-refractivity contribution in [3.05, 3.63) is 24.3 Å². The van der Waals surface area contributed by atoms with Crippen molar-refractivity contribution in [1.82, 2.24) is 9.97 Å². The van der Waals surface area contributed by atoms with Gasteiger partial charge in [0.2, 0.25) is 0 Å². The number of aromatic nitrogens is 2. The van der Waals surface area contributed by atoms with Gasteiger partial charge >= 0.3 is 0 Å². The van der Waals surface area contributed by atoms with Gasteiger partial charge in [0.15, 0.2) is 0 Å². The molecule has 1 aromatic heterocycles. The van der Waals surface area contributed by atoms with E-state index in [1.165, 1.54) is 6.33 Å². The second-order valence-electron chi connectivity index (χ2n) is 4.31. The fourth-order valence-electron chi connectivity index (χ4n) is 2.44. The van der Waals surface area contributed by atoms with E-state index in [4.69, 9.17) is 5.73 Å². The quantitative estimate of drug-likeness (QED) is 0.776. The molecule has 1 aromatic rings. The first-order chi connectivity index (χ1) is 7.28. The molecule has 2 rings (SSSR count). The summed E-state index contributed by atoms with van der Waals surface area (Å²) in [6.45, 7) is 0.526. The van der Waals surface area contributed by atoms with Crippen molar-refractivity contribution in [3.63, 3.8) is 0 Å². The Labute approximate surface area is 89.6 Å². The van der Waals surface area contributed by atoms with E-state index in [0.29, 0.717) is 12.2 Å². The van der Waals surface area contributed by atoms with E-state index >= 15 is 0 Å². The van der Waals surface area contributed by atoms with E-state index in [1.54, 1.807) is 12.3 Å². The first-order valence-electron chi connectivity index (χ1n) is 5.42. The second-order valence-corrected chi connectivity index (χ2v) is 4.31. The maximum Gasteiger partial charge on any atom is 0.115 e. The summed E-state index contributed by atoms with van der Waals surface area (Å²) in [6, 6.07) is 1.76. The van der Waals surface area contributed by atoms with Crippen molar-refractivity contribution >= 4 is 0 Å². The Morgan fingerprint density at radius 3 is 2.73 bits per heavy atom. The molecule has 0 aliphatic heterocycles. The first-order valence-corrected chi connectivity index (χ1v) is 5.42. The molecule has 0 aromatic carbocycles. The van der Waals surface area contributed by atoms with Gasteiger partial charge in [-0.3, -0.25) is 0 Å². The first kappa shape index (κ1) is 10.5. The van der Waals surface area contributed by atoms with Gasteiger partial charge in [0.1, 0.15) is 12.4 Å². The lowest BCUT2D eigenvalue weighted by atomic mass is 9.79. The normalized spacial score (nSPS) is 21.5. The molecule has 1 atom stereocenters. The number of aliphatic hydroxyl groups is 1. The minimum atomic E-state index is -0.548. The number of nitrogens with two attached hydrogens (primary N) is 1. The highest BCUT2D eigenvalue weighted by atomic mass is 16.3. The van der Waals surface area contributed by atoms with E-state index in [1.807, 2.05) is 0 Å². The zero-order chi connectivity index (χ0) is 10.7. The van der Waals surface area contributed by atoms with Crippen LogP contribution < -0.4 is 5.73 Å². The average molecular weight is 207 g/mol. The number of nitrogens with zero attached hydrogens (tertiary/aromatic N) is 2. The summed E-state index contributed by atoms with van der Waals surface area (Å²) in [5.74, 6) is 0. The van der Waals surface area contributed by atoms with Gasteiger partial charge in [0.05, 0.1) is 5.69 Å². The average Bonchev–Trinajstić information content (AvgIpc) is 2.79. The van der Waals surface area contributed by atoms with Gasteiger partial charge in [-0.15, -0.1) is 0 Å². The van der Waals surface area contributed by atoms with Crippen LogP contribution in [0.4, 0.5) is 0 Å². The lowest BCUT2D eigenvalue weighted by Crippen LogP contribution is -2.34. The SMILES string of the molecule is NCC1(C(O)c2ccncn2)CCCC1. The Morgan fingerprint density at radius 2 is 2.20 bits per heavy atom. The summed E-state index contributed by atoms with van der Waals surface area (Å²) in [6.07, 6.45) is 6.87. The lowest BCUT2D eigenvalue weighted by Gasteiger charge is -2.32. The summed E-state index contributed by atoms with van der Waals surface area (Å²) in [7, 11) is 0. The van der Waals surface area contributed by atoms with Crippen LogP contribution in [-0.2, 0) is 0 Å². The molecule has 0 spiro atoms. The minimum Gasteiger partial charge on any atom is -0.386 e. The molecular weight excluding hydrogens is 190 g/mol. The van der Waals surface area contributed by atoms with Crippen LogP contribution in [-0.4, -0.2) is 21.6 Å². The van der Waals surface area contributed by atoms with Crippen molar-refractivity contribution in [2.45, 2.75) is 31.8 Å². The summed E-state index contributed by atoms with van der Waals surface area (Å²) >= 11 is 0. The topological polar surface area (TPSA) is 72.0 Å². The smallest absolute Gasteiger partial charge is 0.115 e. The molecule has 4 nitrogen and oxygen atoms in total. The Hall–Kier alpha value is -1.00. The fourth-order valence-corrected chi connectivity index (χ4v) is 2.44. The van der Waals surface area contributed by atoms with Gasteiger partial charge in [-0.25, -0.2) is 9.97 Å². The van der Waals surface area contributed by atoms with Crippen molar-refractivity contribution in [3.8, 4) is 0 Å². The molecule has 1 aliphatic rings. The molecule has 1 fully saturated rings. The lowest BCUT2D eigenvalue weighted by molar-refractivity contribution is 0.0299. The Morgan fingerprint density at radius 1 is 1.47 bits per heavy atom. The highest BCUT2D eigenvalue weighted by Gasteiger charge is 2.40. The Bertz CT molecular complexity index is 309. The molecule has 1 aliphatic carbocycles. The number of hydrogen-bond acceptors (Lipinski definition) is 4. The van der Waals surface area contributed by atoms with Crippen LogP contribution in [0.2, 0.25) is 0 Å². The monoisotopic (exact) mass is 207 g/mol. The van der Waals surface area contributed by atoms with Crippen molar-refractivity contribution in [2.24, 2.45) is 11.1 Å². The molecule has 15 heavy (non-hydrogen) atoms. The summed E-state index contributed by atoms with van der Waals surface area (Å²) < 4.78 is 0. The largest absolute Gasteiger partial charge is 0.386 e. The van der Waals surface area contributed by atoms with Crippen LogP contribution in [0.5, 0.6) is 0 Å². The van der Waals surface area contributed by atoms with Crippen molar-refractivity contribution < 1.29 is 5.11 Å². The number of aliphatic hydroxyl groups excluding tert-OH is 1. The fraction of sp³-hybridized carbons (Fsp3) is 0.636. The van der Waals surface area contributed by atoms with Gasteiger partial charge < -0.3 is 10.8 Å². The number of rotatable bonds is 3. The second kappa shape index (κ2) is 4.24. The van der Waals surface area contributed by atoms with Crippen molar-refractivity contribution in [1.29, 1.82) is 0 Å². The van der Waals surface area contributed by atoms with Crippen LogP contribution >= 0.6 is 0 Å². The molecule has 0 radical (unpaired) electrons. The molecular formula is C11H17N3O. The van der Waals surface area contributed by atoms with Crippen LogP contribution in [0.3, 0.4) is 0 Å². The van der Waals surface area contributed by atoms with E-state index in [0.717, 1.165) is 25.7 Å². The molecule has 3 N–H and O–H groups in total. The third kappa shape index (κ3) is 1.87. The standard InChI is InChI=1S/C11H17N3O/c12-7-11(4-1-2-5-11)10(15)9-3-6-13-8-14-9/h3,6,8,10,15H,1-2,4-5,7,12H2. The summed E-state index contributed by atoms with van der Waals surface area (Å²) in [5.41, 5.74) is 6.34. The third-order valence-corrected chi connectivity index (χ3v) is 3.47. The highest BCUT2D eigenvalue weighted by molar-refractivity contribution is 5.09. The zero-order valence-corrected chi connectivity index (χ0v) is 8.76. The molecule has 0 bridgehead atoms. The zero-order valence-electron chi connectivity index (χ0n) is 8.76. The molecule has 4 heteroatoms. The maximum absolute atomic E-state index is 10.3. The van der Waals surface area contributed by atoms with Gasteiger partial charge in [-0.05, 0) is 18.9 Å². The molecule has 1 saturated carbocycles. The van der Waals surface area contributed by atoms with E-state index in [9.17, 15) is 5.11 Å². The van der Waals surface area contributed by atoms with Gasteiger partial charge in [0.25, 0.3) is 0 Å². The molecule has 0 saturated heterocycles. The molecule has 82 valence electrons. The Balaban J connectivity index is 2.22. The molecule has 0 amide bonds. The van der Waals surface area contributed by atoms with Crippen LogP contribution in [0.25, 0.3) is 0 Å². The van der Waals surface area contributed by atoms with Crippen LogP contribution in [0.15, 0.2) is 18.6 Å². The predicted molar refractivity (Wildman–Crippen MR) is 56.9 cm³/mol. The van der Waals surface area contributed by atoms with Crippen LogP contribution in [0.1, 0.15) is 37.5 Å². The third-order valence-electron chi connectivity index (χ3n) is 3.47. The molecule has 1 unspecified atom stereocenters. The van der Waals surface area contributed by atoms with Gasteiger partial charge in [-0.2, -0.15) is 0 Å². The Kier molecular flexibility index (Phi) is 2.98. The maximum atomic E-state index is 10.3. The number of hydrogen-bond donors (Lipinski definition) is 2. The minimum absolute atomic E-state index is 0.158. The van der Waals surface area contributed by atoms with E-state index in [-0.39, 0.29) is 5.41 Å². The van der Waals surface area contributed by atoms with Gasteiger partial charge in [-0.1, -0.05) is 12.8 Å². The van der Waals surface area contributed by atoms with E-state index in [2.05, 4.69) is 9.97 Å². The highest BCUT2D eigenvalue weighted by Crippen LogP contribution is 2.46. The predicted octanol–water partition coefficient (Wildman–Crippen LogP) is 1.03. The summed E-state index contributed by atoms with van der Waals surface area (Å²) in [5, 5.41) is 10.3.